The van der Waals surface area contributed by atoms with Crippen LogP contribution in [0.3, 0.4) is 0 Å². The van der Waals surface area contributed by atoms with Crippen LogP contribution in [0.5, 0.6) is 0 Å². The van der Waals surface area contributed by atoms with E-state index in [0.717, 1.165) is 25.9 Å². The molecule has 0 aromatic heterocycles. The van der Waals surface area contributed by atoms with Gasteiger partial charge in [-0.1, -0.05) is 23.7 Å². The van der Waals surface area contributed by atoms with Gasteiger partial charge in [0.15, 0.2) is 6.04 Å². The average molecular weight is 335 g/mol. The largest absolute Gasteiger partial charge is 0.412 e. The lowest BCUT2D eigenvalue weighted by Gasteiger charge is -2.25. The van der Waals surface area contributed by atoms with Crippen molar-refractivity contribution in [2.24, 2.45) is 5.92 Å². The van der Waals surface area contributed by atoms with E-state index in [1.807, 2.05) is 0 Å². The molecule has 7 heteroatoms. The van der Waals surface area contributed by atoms with Crippen molar-refractivity contribution in [2.75, 3.05) is 13.1 Å². The first kappa shape index (κ1) is 17.1. The summed E-state index contributed by atoms with van der Waals surface area (Å²) in [5, 5.41) is 5.63. The van der Waals surface area contributed by atoms with Crippen LogP contribution in [-0.2, 0) is 4.79 Å². The van der Waals surface area contributed by atoms with Gasteiger partial charge in [0.1, 0.15) is 0 Å². The fourth-order valence-electron chi connectivity index (χ4n) is 2.58. The molecule has 122 valence electrons. The van der Waals surface area contributed by atoms with Gasteiger partial charge in [0.25, 0.3) is 0 Å². The second kappa shape index (κ2) is 7.33. The van der Waals surface area contributed by atoms with Crippen LogP contribution >= 0.6 is 11.6 Å². The van der Waals surface area contributed by atoms with Crippen molar-refractivity contribution in [1.29, 1.82) is 0 Å². The molecule has 2 rings (SSSR count). The van der Waals surface area contributed by atoms with Crippen LogP contribution in [0, 0.1) is 5.92 Å². The van der Waals surface area contributed by atoms with Crippen molar-refractivity contribution >= 4 is 17.5 Å². The Morgan fingerprint density at radius 2 is 1.86 bits per heavy atom. The van der Waals surface area contributed by atoms with Gasteiger partial charge in [0.05, 0.1) is 0 Å². The van der Waals surface area contributed by atoms with Crippen LogP contribution < -0.4 is 10.6 Å². The molecule has 1 atom stereocenters. The van der Waals surface area contributed by atoms with E-state index >= 15 is 0 Å². The van der Waals surface area contributed by atoms with E-state index in [0.29, 0.717) is 5.02 Å². The summed E-state index contributed by atoms with van der Waals surface area (Å²) in [6.45, 7) is 1.61. The lowest BCUT2D eigenvalue weighted by atomic mass is 9.94. The third-order valence-corrected chi connectivity index (χ3v) is 4.02. The molecule has 1 aromatic rings. The maximum atomic E-state index is 13.2. The zero-order valence-corrected chi connectivity index (χ0v) is 12.7. The van der Waals surface area contributed by atoms with Crippen molar-refractivity contribution in [3.8, 4) is 0 Å². The van der Waals surface area contributed by atoms with Gasteiger partial charge in [-0.25, -0.2) is 0 Å². The van der Waals surface area contributed by atoms with Crippen molar-refractivity contribution in [1.82, 2.24) is 10.6 Å². The topological polar surface area (TPSA) is 41.1 Å². The van der Waals surface area contributed by atoms with Crippen molar-refractivity contribution in [2.45, 2.75) is 31.5 Å². The summed E-state index contributed by atoms with van der Waals surface area (Å²) in [5.74, 6) is -0.426. The molecule has 0 saturated carbocycles. The Morgan fingerprint density at radius 3 is 2.41 bits per heavy atom. The molecule has 1 saturated heterocycles. The van der Waals surface area contributed by atoms with Crippen molar-refractivity contribution < 1.29 is 18.0 Å². The molecule has 0 bridgehead atoms. The molecular formula is C15H18ClF3N2O. The number of halogens is 4. The third-order valence-electron chi connectivity index (χ3n) is 3.77. The smallest absolute Gasteiger partial charge is 0.341 e. The molecule has 0 radical (unpaired) electrons. The van der Waals surface area contributed by atoms with Crippen LogP contribution in [0.25, 0.3) is 0 Å². The van der Waals surface area contributed by atoms with Gasteiger partial charge in [-0.05, 0) is 49.5 Å². The molecule has 22 heavy (non-hydrogen) atoms. The monoisotopic (exact) mass is 334 g/mol. The highest BCUT2D eigenvalue weighted by Gasteiger charge is 2.42. The fourth-order valence-corrected chi connectivity index (χ4v) is 2.70. The number of rotatable bonds is 4. The first-order chi connectivity index (χ1) is 10.4. The minimum absolute atomic E-state index is 0.0180. The highest BCUT2D eigenvalue weighted by atomic mass is 35.5. The molecule has 0 aliphatic carbocycles. The van der Waals surface area contributed by atoms with Gasteiger partial charge < -0.3 is 10.6 Å². The number of benzene rings is 1. The van der Waals surface area contributed by atoms with Gasteiger partial charge in [-0.15, -0.1) is 0 Å². The molecule has 3 nitrogen and oxygen atoms in total. The summed E-state index contributed by atoms with van der Waals surface area (Å²) in [4.78, 5) is 12.0. The quantitative estimate of drug-likeness (QED) is 0.885. The zero-order valence-electron chi connectivity index (χ0n) is 11.9. The summed E-state index contributed by atoms with van der Waals surface area (Å²) in [6.07, 6.45) is -2.80. The summed E-state index contributed by atoms with van der Waals surface area (Å²) >= 11 is 5.69. The summed E-state index contributed by atoms with van der Waals surface area (Å²) in [6, 6.07) is 3.33. The standard InChI is InChI=1S/C15H18ClF3N2O/c16-12-3-1-11(2-4-12)14(15(17,18)19)21-13(22)9-10-5-7-20-8-6-10/h1-4,10,14,20H,5-9H2,(H,21,22). The maximum absolute atomic E-state index is 13.2. The molecule has 1 fully saturated rings. The van der Waals surface area contributed by atoms with E-state index in [1.165, 1.54) is 24.3 Å². The number of piperidine rings is 1. The highest BCUT2D eigenvalue weighted by molar-refractivity contribution is 6.30. The molecule has 1 aromatic carbocycles. The average Bonchev–Trinajstić information content (AvgIpc) is 2.46. The maximum Gasteiger partial charge on any atom is 0.412 e. The van der Waals surface area contributed by atoms with E-state index in [9.17, 15) is 18.0 Å². The predicted molar refractivity (Wildman–Crippen MR) is 78.6 cm³/mol. The van der Waals surface area contributed by atoms with Gasteiger partial charge in [0, 0.05) is 11.4 Å². The van der Waals surface area contributed by atoms with Crippen molar-refractivity contribution in [3.05, 3.63) is 34.9 Å². The van der Waals surface area contributed by atoms with Crippen LogP contribution in [0.4, 0.5) is 13.2 Å². The normalized spacial score (nSPS) is 18.0. The minimum atomic E-state index is -4.54. The second-order valence-corrected chi connectivity index (χ2v) is 5.93. The number of nitrogens with one attached hydrogen (secondary N) is 2. The molecule has 1 unspecified atom stereocenters. The zero-order chi connectivity index (χ0) is 16.2. The summed E-state index contributed by atoms with van der Waals surface area (Å²) < 4.78 is 39.6. The number of amides is 1. The predicted octanol–water partition coefficient (Wildman–Crippen LogP) is 3.45. The van der Waals surface area contributed by atoms with Gasteiger partial charge in [-0.3, -0.25) is 4.79 Å². The number of hydrogen-bond acceptors (Lipinski definition) is 2. The molecule has 1 heterocycles. The summed E-state index contributed by atoms with van der Waals surface area (Å²) in [5.41, 5.74) is -0.0180. The fraction of sp³-hybridized carbons (Fsp3) is 0.533. The van der Waals surface area contributed by atoms with Crippen LogP contribution in [-0.4, -0.2) is 25.2 Å². The Hall–Kier alpha value is -1.27. The van der Waals surface area contributed by atoms with E-state index in [1.54, 1.807) is 0 Å². The Bertz CT molecular complexity index is 499. The SMILES string of the molecule is O=C(CC1CCNCC1)NC(c1ccc(Cl)cc1)C(F)(F)F. The van der Waals surface area contributed by atoms with E-state index in [2.05, 4.69) is 10.6 Å². The number of hydrogen-bond donors (Lipinski definition) is 2. The van der Waals surface area contributed by atoms with Crippen molar-refractivity contribution in [3.63, 3.8) is 0 Å². The Kier molecular flexibility index (Phi) is 5.69. The molecule has 0 spiro atoms. The van der Waals surface area contributed by atoms with E-state index in [4.69, 9.17) is 11.6 Å². The molecule has 1 aliphatic heterocycles. The number of carbonyl (C=O) groups excluding carboxylic acids is 1. The number of alkyl halides is 3. The molecule has 1 amide bonds. The van der Waals surface area contributed by atoms with Crippen LogP contribution in [0.2, 0.25) is 5.02 Å². The van der Waals surface area contributed by atoms with E-state index < -0.39 is 18.1 Å². The van der Waals surface area contributed by atoms with Crippen LogP contribution in [0.1, 0.15) is 30.9 Å². The van der Waals surface area contributed by atoms with E-state index in [-0.39, 0.29) is 17.9 Å². The Balaban J connectivity index is 2.03. The lowest BCUT2D eigenvalue weighted by molar-refractivity contribution is -0.163. The minimum Gasteiger partial charge on any atom is -0.341 e. The second-order valence-electron chi connectivity index (χ2n) is 5.49. The van der Waals surface area contributed by atoms with Gasteiger partial charge >= 0.3 is 6.18 Å². The molecule has 2 N–H and O–H groups in total. The Morgan fingerprint density at radius 1 is 1.27 bits per heavy atom. The first-order valence-electron chi connectivity index (χ1n) is 7.18. The lowest BCUT2D eigenvalue weighted by Crippen LogP contribution is -2.39. The molecular weight excluding hydrogens is 317 g/mol. The highest BCUT2D eigenvalue weighted by Crippen LogP contribution is 2.33. The molecule has 1 aliphatic rings. The summed E-state index contributed by atoms with van der Waals surface area (Å²) in [7, 11) is 0. The van der Waals surface area contributed by atoms with Crippen LogP contribution in [0.15, 0.2) is 24.3 Å². The number of carbonyl (C=O) groups is 1. The third kappa shape index (κ3) is 4.88. The first-order valence-corrected chi connectivity index (χ1v) is 7.56. The Labute approximate surface area is 132 Å². The van der Waals surface area contributed by atoms with Gasteiger partial charge in [-0.2, -0.15) is 13.2 Å². The van der Waals surface area contributed by atoms with Gasteiger partial charge in [0.2, 0.25) is 5.91 Å².